The summed E-state index contributed by atoms with van der Waals surface area (Å²) in [5.41, 5.74) is 2.37. The number of benzene rings is 1. The van der Waals surface area contributed by atoms with E-state index in [2.05, 4.69) is 51.0 Å². The molecular formula is C24H34N4O3. The van der Waals surface area contributed by atoms with Crippen molar-refractivity contribution in [2.45, 2.75) is 63.6 Å². The summed E-state index contributed by atoms with van der Waals surface area (Å²) >= 11 is 0. The molecule has 3 aliphatic rings. The van der Waals surface area contributed by atoms with Gasteiger partial charge in [-0.1, -0.05) is 18.2 Å². The van der Waals surface area contributed by atoms with E-state index in [1.807, 2.05) is 6.07 Å². The van der Waals surface area contributed by atoms with E-state index in [0.717, 1.165) is 57.6 Å². The first-order chi connectivity index (χ1) is 15.1. The lowest BCUT2D eigenvalue weighted by molar-refractivity contribution is -0.122. The molecule has 0 spiro atoms. The predicted molar refractivity (Wildman–Crippen MR) is 120 cm³/mol. The summed E-state index contributed by atoms with van der Waals surface area (Å²) in [6.07, 6.45) is 5.11. The molecule has 0 radical (unpaired) electrons. The molecule has 5 rings (SSSR count). The van der Waals surface area contributed by atoms with Crippen LogP contribution in [0.15, 0.2) is 30.5 Å². The van der Waals surface area contributed by atoms with Gasteiger partial charge in [0.15, 0.2) is 0 Å². The van der Waals surface area contributed by atoms with Crippen LogP contribution in [0.25, 0.3) is 10.9 Å². The molecule has 0 saturated carbocycles. The lowest BCUT2D eigenvalue weighted by Crippen LogP contribution is -2.54. The first kappa shape index (κ1) is 20.9. The van der Waals surface area contributed by atoms with Crippen molar-refractivity contribution in [1.29, 1.82) is 0 Å². The van der Waals surface area contributed by atoms with Crippen molar-refractivity contribution < 1.29 is 14.6 Å². The number of nitrogens with one attached hydrogen (secondary N) is 1. The molecule has 2 N–H and O–H groups in total. The first-order valence-electron chi connectivity index (χ1n) is 11.7. The number of carbonyl (C=O) groups excluding carboxylic acids is 1. The zero-order valence-corrected chi connectivity index (χ0v) is 18.4. The molecule has 3 fully saturated rings. The summed E-state index contributed by atoms with van der Waals surface area (Å²) in [7, 11) is 0. The number of fused-ring (bicyclic) bond motifs is 2. The van der Waals surface area contributed by atoms with Crippen LogP contribution in [0.4, 0.5) is 0 Å². The van der Waals surface area contributed by atoms with Gasteiger partial charge in [-0.2, -0.15) is 0 Å². The summed E-state index contributed by atoms with van der Waals surface area (Å²) in [4.78, 5) is 17.6. The molecular weight excluding hydrogens is 392 g/mol. The molecule has 4 atom stereocenters. The Morgan fingerprint density at radius 2 is 2.13 bits per heavy atom. The smallest absolute Gasteiger partial charge is 0.240 e. The molecule has 3 aliphatic heterocycles. The Hall–Kier alpha value is -1.93. The number of rotatable bonds is 6. The van der Waals surface area contributed by atoms with Gasteiger partial charge in [0.1, 0.15) is 6.54 Å². The fourth-order valence-electron chi connectivity index (χ4n) is 5.54. The molecule has 7 nitrogen and oxygen atoms in total. The topological polar surface area (TPSA) is 70.0 Å². The van der Waals surface area contributed by atoms with E-state index in [1.54, 1.807) is 0 Å². The van der Waals surface area contributed by atoms with Crippen LogP contribution in [-0.2, 0) is 22.6 Å². The maximum atomic E-state index is 12.6. The van der Waals surface area contributed by atoms with Crippen molar-refractivity contribution in [2.24, 2.45) is 0 Å². The van der Waals surface area contributed by atoms with Crippen LogP contribution in [0, 0.1) is 0 Å². The van der Waals surface area contributed by atoms with E-state index in [0.29, 0.717) is 25.2 Å². The maximum Gasteiger partial charge on any atom is 0.240 e. The summed E-state index contributed by atoms with van der Waals surface area (Å²) in [5, 5.41) is 14.3. The molecule has 0 aliphatic carbocycles. The summed E-state index contributed by atoms with van der Waals surface area (Å²) in [5.74, 6) is 0.0322. The predicted octanol–water partition coefficient (Wildman–Crippen LogP) is 1.58. The number of aliphatic hydroxyl groups excluding tert-OH is 1. The van der Waals surface area contributed by atoms with E-state index in [4.69, 9.17) is 4.74 Å². The van der Waals surface area contributed by atoms with Crippen molar-refractivity contribution in [3.8, 4) is 0 Å². The van der Waals surface area contributed by atoms with Crippen LogP contribution in [0.5, 0.6) is 0 Å². The summed E-state index contributed by atoms with van der Waals surface area (Å²) in [6, 6.07) is 9.25. The highest BCUT2D eigenvalue weighted by Gasteiger charge is 2.38. The van der Waals surface area contributed by atoms with Gasteiger partial charge in [-0.3, -0.25) is 14.6 Å². The minimum Gasteiger partial charge on any atom is -0.392 e. The Kier molecular flexibility index (Phi) is 6.01. The number of aliphatic hydroxyl groups is 1. The van der Waals surface area contributed by atoms with E-state index < -0.39 is 0 Å². The first-order valence-corrected chi connectivity index (χ1v) is 11.7. The molecule has 2 aromatic rings. The summed E-state index contributed by atoms with van der Waals surface area (Å²) in [6.45, 7) is 7.67. The van der Waals surface area contributed by atoms with Crippen molar-refractivity contribution >= 4 is 16.8 Å². The van der Waals surface area contributed by atoms with Crippen molar-refractivity contribution in [1.82, 2.24) is 19.7 Å². The number of hydrogen-bond donors (Lipinski definition) is 2. The number of aromatic nitrogens is 1. The molecule has 168 valence electrons. The van der Waals surface area contributed by atoms with Gasteiger partial charge >= 0.3 is 0 Å². The van der Waals surface area contributed by atoms with Crippen molar-refractivity contribution in [3.05, 3.63) is 36.0 Å². The number of nitrogens with zero attached hydrogens (tertiary/aromatic N) is 3. The van der Waals surface area contributed by atoms with Gasteiger partial charge in [-0.15, -0.1) is 0 Å². The molecule has 0 unspecified atom stereocenters. The SMILES string of the molecule is C[C@H]1CN2C[C@H](O)C[C@@H]2CN1Cc1cn(CC(=O)NC[C@@H]2CCCO2)c2ccccc12. The molecule has 0 bridgehead atoms. The standard InChI is InChI=1S/C24H34N4O3/c1-17-11-27-15-20(29)9-19(27)14-26(17)12-18-13-28(23-7-3-2-6-22(18)23)16-24(30)25-10-21-5-4-8-31-21/h2-3,6-7,13,17,19-21,29H,4-5,8-12,14-16H2,1H3,(H,25,30)/t17-,19+,20+,21-/m0/s1. The van der Waals surface area contributed by atoms with Crippen LogP contribution in [0.2, 0.25) is 0 Å². The van der Waals surface area contributed by atoms with Crippen LogP contribution < -0.4 is 5.32 Å². The fraction of sp³-hybridized carbons (Fsp3) is 0.625. The van der Waals surface area contributed by atoms with E-state index >= 15 is 0 Å². The highest BCUT2D eigenvalue weighted by atomic mass is 16.5. The molecule has 4 heterocycles. The number of para-hydroxylation sites is 1. The second kappa shape index (κ2) is 8.90. The number of piperazine rings is 1. The van der Waals surface area contributed by atoms with E-state index in [-0.39, 0.29) is 18.1 Å². The van der Waals surface area contributed by atoms with Gasteiger partial charge in [0.05, 0.1) is 12.2 Å². The lowest BCUT2D eigenvalue weighted by Gasteiger charge is -2.42. The maximum absolute atomic E-state index is 12.6. The zero-order valence-electron chi connectivity index (χ0n) is 18.4. The van der Waals surface area contributed by atoms with E-state index in [1.165, 1.54) is 10.9 Å². The van der Waals surface area contributed by atoms with Gasteiger partial charge in [-0.05, 0) is 37.8 Å². The van der Waals surface area contributed by atoms with Crippen LogP contribution >= 0.6 is 0 Å². The third-order valence-electron chi connectivity index (χ3n) is 7.18. The van der Waals surface area contributed by atoms with Gasteiger partial charge in [0.2, 0.25) is 5.91 Å². The normalized spacial score (nSPS) is 29.5. The number of hydrogen-bond acceptors (Lipinski definition) is 5. The van der Waals surface area contributed by atoms with Crippen LogP contribution in [-0.4, -0.2) is 82.5 Å². The zero-order chi connectivity index (χ0) is 21.4. The largest absolute Gasteiger partial charge is 0.392 e. The number of ether oxygens (including phenoxy) is 1. The number of amides is 1. The molecule has 31 heavy (non-hydrogen) atoms. The highest BCUT2D eigenvalue weighted by Crippen LogP contribution is 2.28. The molecule has 1 aromatic carbocycles. The fourth-order valence-corrected chi connectivity index (χ4v) is 5.54. The second-order valence-electron chi connectivity index (χ2n) is 9.51. The Bertz CT molecular complexity index is 923. The Morgan fingerprint density at radius 1 is 1.26 bits per heavy atom. The molecule has 1 aromatic heterocycles. The van der Waals surface area contributed by atoms with Gasteiger partial charge in [0, 0.05) is 68.5 Å². The summed E-state index contributed by atoms with van der Waals surface area (Å²) < 4.78 is 7.69. The van der Waals surface area contributed by atoms with Crippen molar-refractivity contribution in [2.75, 3.05) is 32.8 Å². The Labute approximate surface area is 183 Å². The van der Waals surface area contributed by atoms with Gasteiger partial charge in [0.25, 0.3) is 0 Å². The quantitative estimate of drug-likeness (QED) is 0.734. The van der Waals surface area contributed by atoms with Gasteiger partial charge in [-0.25, -0.2) is 0 Å². The van der Waals surface area contributed by atoms with Crippen molar-refractivity contribution in [3.63, 3.8) is 0 Å². The highest BCUT2D eigenvalue weighted by molar-refractivity contribution is 5.86. The number of carbonyl (C=O) groups is 1. The third kappa shape index (κ3) is 4.51. The minimum atomic E-state index is -0.188. The van der Waals surface area contributed by atoms with Crippen LogP contribution in [0.3, 0.4) is 0 Å². The molecule has 7 heteroatoms. The Morgan fingerprint density at radius 3 is 2.97 bits per heavy atom. The Balaban J connectivity index is 1.28. The average Bonchev–Trinajstić information content (AvgIpc) is 3.47. The van der Waals surface area contributed by atoms with Crippen LogP contribution in [0.1, 0.15) is 31.7 Å². The minimum absolute atomic E-state index is 0.0322. The third-order valence-corrected chi connectivity index (χ3v) is 7.18. The lowest BCUT2D eigenvalue weighted by atomic mass is 10.1. The second-order valence-corrected chi connectivity index (χ2v) is 9.51. The van der Waals surface area contributed by atoms with Gasteiger partial charge < -0.3 is 19.7 Å². The molecule has 3 saturated heterocycles. The monoisotopic (exact) mass is 426 g/mol. The molecule has 1 amide bonds. The van der Waals surface area contributed by atoms with E-state index in [9.17, 15) is 9.90 Å². The average molecular weight is 427 g/mol.